The van der Waals surface area contributed by atoms with E-state index in [2.05, 4.69) is 25.0 Å². The van der Waals surface area contributed by atoms with Gasteiger partial charge in [0.2, 0.25) is 5.95 Å². The van der Waals surface area contributed by atoms with E-state index in [0.717, 1.165) is 22.6 Å². The lowest BCUT2D eigenvalue weighted by atomic mass is 9.86. The fourth-order valence-electron chi connectivity index (χ4n) is 4.09. The molecule has 0 aliphatic rings. The van der Waals surface area contributed by atoms with E-state index in [1.807, 2.05) is 19.3 Å². The Morgan fingerprint density at radius 1 is 1.15 bits per heavy atom. The molecule has 0 unspecified atom stereocenters. The van der Waals surface area contributed by atoms with E-state index in [1.165, 1.54) is 18.2 Å². The van der Waals surface area contributed by atoms with E-state index < -0.39 is 17.2 Å². The van der Waals surface area contributed by atoms with E-state index in [0.29, 0.717) is 16.9 Å². The van der Waals surface area contributed by atoms with Gasteiger partial charge in [-0.2, -0.15) is 5.10 Å². The molecule has 1 aromatic carbocycles. The zero-order chi connectivity index (χ0) is 24.0. The van der Waals surface area contributed by atoms with Crippen LogP contribution in [0.2, 0.25) is 0 Å². The highest BCUT2D eigenvalue weighted by Gasteiger charge is 2.36. The maximum Gasteiger partial charge on any atom is 0.220 e. The molecule has 4 N–H and O–H groups in total. The number of fused-ring (bicyclic) bond motifs is 1. The van der Waals surface area contributed by atoms with Gasteiger partial charge in [0.15, 0.2) is 11.6 Å². The van der Waals surface area contributed by atoms with Crippen molar-refractivity contribution in [3.63, 3.8) is 0 Å². The highest BCUT2D eigenvalue weighted by molar-refractivity contribution is 5.95. The molecule has 172 valence electrons. The van der Waals surface area contributed by atoms with Gasteiger partial charge in [0, 0.05) is 53.3 Å². The molecule has 0 aliphatic carbocycles. The number of nitrogens with one attached hydrogen (secondary N) is 1. The van der Waals surface area contributed by atoms with Gasteiger partial charge in [0.25, 0.3) is 0 Å². The molecule has 5 rings (SSSR count). The monoisotopic (exact) mass is 461 g/mol. The normalized spacial score (nSPS) is 13.3. The number of benzene rings is 1. The average Bonchev–Trinajstić information content (AvgIpc) is 3.45. The second kappa shape index (κ2) is 7.99. The Kier molecular flexibility index (Phi) is 5.09. The summed E-state index contributed by atoms with van der Waals surface area (Å²) in [7, 11) is 1.83. The largest absolute Gasteiger partial charge is 0.379 e. The van der Waals surface area contributed by atoms with Crippen LogP contribution in [0, 0.1) is 11.6 Å². The number of rotatable bonds is 5. The van der Waals surface area contributed by atoms with E-state index in [1.54, 1.807) is 30.2 Å². The summed E-state index contributed by atoms with van der Waals surface area (Å²) in [6, 6.07) is 7.14. The Balaban J connectivity index is 1.66. The number of anilines is 1. The predicted molar refractivity (Wildman–Crippen MR) is 123 cm³/mol. The third-order valence-electron chi connectivity index (χ3n) is 5.92. The molecule has 10 heteroatoms. The summed E-state index contributed by atoms with van der Waals surface area (Å²) in [6.45, 7) is 1.65. The fourth-order valence-corrected chi connectivity index (χ4v) is 4.09. The van der Waals surface area contributed by atoms with Crippen LogP contribution < -0.4 is 5.73 Å². The summed E-state index contributed by atoms with van der Waals surface area (Å²) in [5, 5.41) is 16.4. The summed E-state index contributed by atoms with van der Waals surface area (Å²) < 4.78 is 30.3. The first-order chi connectivity index (χ1) is 16.3. The van der Waals surface area contributed by atoms with Crippen molar-refractivity contribution < 1.29 is 13.9 Å². The lowest BCUT2D eigenvalue weighted by Crippen LogP contribution is -2.30. The first-order valence-corrected chi connectivity index (χ1v) is 10.6. The standard InChI is InChI=1S/C24H21F2N7O/c1-3-24(34,17-5-4-6-18(25)21(17)26)20-8-19(31-23(27)32-20)16-11-29-22-15(16)7-13(9-28-22)14-10-30-33(2)12-14/h4-12,34H,3H2,1-2H3,(H,28,29)(H2,27,31,32)/t24-/m1/s1. The van der Waals surface area contributed by atoms with Crippen molar-refractivity contribution >= 4 is 17.0 Å². The van der Waals surface area contributed by atoms with Crippen LogP contribution in [0.15, 0.2) is 55.1 Å². The molecule has 4 aromatic heterocycles. The molecular formula is C24H21F2N7O. The van der Waals surface area contributed by atoms with E-state index in [9.17, 15) is 13.9 Å². The van der Waals surface area contributed by atoms with Crippen LogP contribution in [0.25, 0.3) is 33.4 Å². The summed E-state index contributed by atoms with van der Waals surface area (Å²) in [6.07, 6.45) is 7.12. The molecule has 0 radical (unpaired) electrons. The predicted octanol–water partition coefficient (Wildman–Crippen LogP) is 3.93. The van der Waals surface area contributed by atoms with E-state index in [4.69, 9.17) is 5.73 Å². The van der Waals surface area contributed by atoms with Crippen molar-refractivity contribution in [2.24, 2.45) is 7.05 Å². The van der Waals surface area contributed by atoms with Gasteiger partial charge < -0.3 is 15.8 Å². The quantitative estimate of drug-likeness (QED) is 0.365. The third kappa shape index (κ3) is 3.48. The van der Waals surface area contributed by atoms with Crippen molar-refractivity contribution in [2.45, 2.75) is 18.9 Å². The molecule has 0 fully saturated rings. The second-order valence-electron chi connectivity index (χ2n) is 8.04. The van der Waals surface area contributed by atoms with Gasteiger partial charge in [0.05, 0.1) is 17.6 Å². The number of halogens is 2. The minimum atomic E-state index is -1.91. The van der Waals surface area contributed by atoms with Crippen LogP contribution in [0.4, 0.5) is 14.7 Å². The van der Waals surface area contributed by atoms with Gasteiger partial charge in [0.1, 0.15) is 11.2 Å². The number of aromatic nitrogens is 6. The first kappa shape index (κ1) is 21.7. The minimum absolute atomic E-state index is 0.0316. The molecule has 1 atom stereocenters. The van der Waals surface area contributed by atoms with Crippen molar-refractivity contribution in [2.75, 3.05) is 5.73 Å². The van der Waals surface area contributed by atoms with Gasteiger partial charge >= 0.3 is 0 Å². The number of aliphatic hydroxyl groups is 1. The lowest BCUT2D eigenvalue weighted by molar-refractivity contribution is 0.0673. The van der Waals surface area contributed by atoms with Crippen LogP contribution in [-0.4, -0.2) is 34.8 Å². The molecule has 0 aliphatic heterocycles. The number of nitrogens with zero attached hydrogens (tertiary/aromatic N) is 5. The molecular weight excluding hydrogens is 440 g/mol. The van der Waals surface area contributed by atoms with Crippen LogP contribution in [0.5, 0.6) is 0 Å². The van der Waals surface area contributed by atoms with Gasteiger partial charge in [-0.25, -0.2) is 23.7 Å². The van der Waals surface area contributed by atoms with Gasteiger partial charge in [-0.1, -0.05) is 19.1 Å². The number of hydrogen-bond acceptors (Lipinski definition) is 6. The Morgan fingerprint density at radius 3 is 2.71 bits per heavy atom. The van der Waals surface area contributed by atoms with Crippen LogP contribution in [-0.2, 0) is 12.6 Å². The van der Waals surface area contributed by atoms with Crippen LogP contribution >= 0.6 is 0 Å². The Hall–Kier alpha value is -4.18. The highest BCUT2D eigenvalue weighted by Crippen LogP contribution is 2.37. The summed E-state index contributed by atoms with van der Waals surface area (Å²) >= 11 is 0. The van der Waals surface area contributed by atoms with E-state index in [-0.39, 0.29) is 23.6 Å². The van der Waals surface area contributed by atoms with Crippen molar-refractivity contribution in [1.82, 2.24) is 29.7 Å². The molecule has 34 heavy (non-hydrogen) atoms. The molecule has 0 bridgehead atoms. The van der Waals surface area contributed by atoms with Crippen molar-refractivity contribution in [1.29, 1.82) is 0 Å². The summed E-state index contributed by atoms with van der Waals surface area (Å²) in [4.78, 5) is 16.1. The Morgan fingerprint density at radius 2 is 1.97 bits per heavy atom. The van der Waals surface area contributed by atoms with Gasteiger partial charge in [-0.15, -0.1) is 0 Å². The van der Waals surface area contributed by atoms with Gasteiger partial charge in [-0.3, -0.25) is 4.68 Å². The molecule has 0 spiro atoms. The number of aromatic amines is 1. The summed E-state index contributed by atoms with van der Waals surface area (Å²) in [5.74, 6) is -2.30. The lowest BCUT2D eigenvalue weighted by Gasteiger charge is -2.27. The smallest absolute Gasteiger partial charge is 0.220 e. The number of H-pyrrole nitrogens is 1. The van der Waals surface area contributed by atoms with Crippen LogP contribution in [0.3, 0.4) is 0 Å². The maximum atomic E-state index is 14.6. The zero-order valence-electron chi connectivity index (χ0n) is 18.4. The second-order valence-corrected chi connectivity index (χ2v) is 8.04. The van der Waals surface area contributed by atoms with Gasteiger partial charge in [-0.05, 0) is 24.6 Å². The third-order valence-corrected chi connectivity index (χ3v) is 5.92. The minimum Gasteiger partial charge on any atom is -0.379 e. The summed E-state index contributed by atoms with van der Waals surface area (Å²) in [5.41, 5.74) is 7.37. The molecule has 4 heterocycles. The number of aryl methyl sites for hydroxylation is 1. The fraction of sp³-hybridized carbons (Fsp3) is 0.167. The number of pyridine rings is 1. The zero-order valence-corrected chi connectivity index (χ0v) is 18.4. The first-order valence-electron chi connectivity index (χ1n) is 10.6. The molecule has 5 aromatic rings. The number of nitrogen functional groups attached to an aromatic ring is 1. The molecule has 0 saturated carbocycles. The Bertz CT molecular complexity index is 1530. The number of hydrogen-bond donors (Lipinski definition) is 3. The van der Waals surface area contributed by atoms with Crippen molar-refractivity contribution in [3.8, 4) is 22.4 Å². The topological polar surface area (TPSA) is 119 Å². The number of nitrogens with two attached hydrogens (primary N) is 1. The van der Waals surface area contributed by atoms with Crippen LogP contribution in [0.1, 0.15) is 24.6 Å². The maximum absolute atomic E-state index is 14.6. The highest BCUT2D eigenvalue weighted by atomic mass is 19.2. The molecule has 0 amide bonds. The molecule has 0 saturated heterocycles. The average molecular weight is 461 g/mol. The SMILES string of the molecule is CC[C@](O)(c1cc(-c2c[nH]c3ncc(-c4cnn(C)c4)cc23)nc(N)n1)c1cccc(F)c1F. The van der Waals surface area contributed by atoms with Crippen molar-refractivity contribution in [3.05, 3.63) is 78.0 Å². The molecule has 8 nitrogen and oxygen atoms in total. The van der Waals surface area contributed by atoms with E-state index >= 15 is 0 Å². The Labute approximate surface area is 193 Å².